The minimum atomic E-state index is -1.32. The number of nitrogens with zero attached hydrogens (tertiary/aromatic N) is 2. The van der Waals surface area contributed by atoms with Gasteiger partial charge in [0.05, 0.1) is 18.2 Å². The molecule has 8 nitrogen and oxygen atoms in total. The van der Waals surface area contributed by atoms with Gasteiger partial charge in [0.25, 0.3) is 0 Å². The third kappa shape index (κ3) is 4.13. The summed E-state index contributed by atoms with van der Waals surface area (Å²) in [5.41, 5.74) is -0.526. The van der Waals surface area contributed by atoms with E-state index < -0.39 is 28.9 Å². The lowest BCUT2D eigenvalue weighted by atomic mass is 10.1. The van der Waals surface area contributed by atoms with Crippen LogP contribution in [0.1, 0.15) is 22.3 Å². The molecule has 1 atom stereocenters. The number of hydrogen-bond acceptors (Lipinski definition) is 6. The Morgan fingerprint density at radius 1 is 1.39 bits per heavy atom. The molecule has 1 aliphatic rings. The first-order valence-corrected chi connectivity index (χ1v) is 7.08. The first-order valence-electron chi connectivity index (χ1n) is 6.20. The van der Waals surface area contributed by atoms with E-state index in [2.05, 4.69) is 15.5 Å². The van der Waals surface area contributed by atoms with Crippen LogP contribution in [0.5, 0.6) is 0 Å². The van der Waals surface area contributed by atoms with Crippen molar-refractivity contribution in [2.24, 2.45) is 10.2 Å². The van der Waals surface area contributed by atoms with Crippen LogP contribution in [0.2, 0.25) is 0 Å². The van der Waals surface area contributed by atoms with Crippen molar-refractivity contribution in [3.05, 3.63) is 35.1 Å². The number of carboxylic acids is 2. The summed E-state index contributed by atoms with van der Waals surface area (Å²) >= 11 is 0.882. The number of carbonyl (C=O) groups excluding carboxylic acids is 1. The molecule has 0 radical (unpaired) electrons. The van der Waals surface area contributed by atoms with E-state index >= 15 is 0 Å². The summed E-state index contributed by atoms with van der Waals surface area (Å²) < 4.78 is 13.6. The second kappa shape index (κ2) is 7.01. The minimum Gasteiger partial charge on any atom is -0.481 e. The molecule has 1 aromatic carbocycles. The molecule has 10 heteroatoms. The van der Waals surface area contributed by atoms with Crippen LogP contribution in [-0.4, -0.2) is 44.7 Å². The molecule has 1 aromatic rings. The largest absolute Gasteiger partial charge is 0.481 e. The van der Waals surface area contributed by atoms with Crippen LogP contribution in [0, 0.1) is 5.82 Å². The summed E-state index contributed by atoms with van der Waals surface area (Å²) in [5.74, 6) is -3.73. The van der Waals surface area contributed by atoms with Gasteiger partial charge < -0.3 is 15.5 Å². The zero-order chi connectivity index (χ0) is 17.0. The van der Waals surface area contributed by atoms with Gasteiger partial charge in [-0.3, -0.25) is 9.59 Å². The molecule has 0 bridgehead atoms. The van der Waals surface area contributed by atoms with Crippen molar-refractivity contribution in [2.75, 3.05) is 0 Å². The molecule has 0 aliphatic carbocycles. The molecular weight excluding hydrogens is 329 g/mol. The highest BCUT2D eigenvalue weighted by Crippen LogP contribution is 2.22. The Morgan fingerprint density at radius 3 is 2.78 bits per heavy atom. The van der Waals surface area contributed by atoms with Crippen molar-refractivity contribution in [1.29, 1.82) is 0 Å². The maximum absolute atomic E-state index is 13.6. The number of nitrogens with one attached hydrogen (secondary N) is 1. The van der Waals surface area contributed by atoms with Crippen LogP contribution < -0.4 is 5.32 Å². The first kappa shape index (κ1) is 16.6. The van der Waals surface area contributed by atoms with Crippen LogP contribution in [0.4, 0.5) is 4.39 Å². The fourth-order valence-electron chi connectivity index (χ4n) is 1.74. The number of aromatic carboxylic acids is 1. The van der Waals surface area contributed by atoms with E-state index in [0.717, 1.165) is 24.0 Å². The van der Waals surface area contributed by atoms with Crippen LogP contribution in [0.25, 0.3) is 0 Å². The van der Waals surface area contributed by atoms with Gasteiger partial charge >= 0.3 is 11.9 Å². The number of carbonyl (C=O) groups is 3. The number of thioether (sulfide) groups is 1. The van der Waals surface area contributed by atoms with Crippen molar-refractivity contribution in [2.45, 2.75) is 11.7 Å². The van der Waals surface area contributed by atoms with E-state index in [1.165, 1.54) is 12.1 Å². The molecular formula is C13H10FN3O5S. The van der Waals surface area contributed by atoms with Crippen molar-refractivity contribution in [3.63, 3.8) is 0 Å². The van der Waals surface area contributed by atoms with Gasteiger partial charge in [0, 0.05) is 5.56 Å². The topological polar surface area (TPSA) is 128 Å². The van der Waals surface area contributed by atoms with E-state index in [0.29, 0.717) is 0 Å². The number of amides is 1. The highest BCUT2D eigenvalue weighted by atomic mass is 32.2. The number of aliphatic carboxylic acids is 1. The van der Waals surface area contributed by atoms with Gasteiger partial charge in [0.2, 0.25) is 5.91 Å². The standard InChI is InChI=1S/C13H10FN3O5S/c14-8-3-1-2-6(12(21)22)7(8)5-15-17-13-16-11(20)9(23-13)4-10(18)19/h1-3,5,9H,4H2,(H,18,19)(H,21,22)(H,16,17,20). The summed E-state index contributed by atoms with van der Waals surface area (Å²) in [5, 5.41) is 26.4. The number of rotatable bonds is 5. The molecule has 23 heavy (non-hydrogen) atoms. The molecule has 0 aromatic heterocycles. The van der Waals surface area contributed by atoms with Crippen LogP contribution >= 0.6 is 11.8 Å². The summed E-state index contributed by atoms with van der Waals surface area (Å²) in [6.45, 7) is 0. The quantitative estimate of drug-likeness (QED) is 0.540. The molecule has 2 rings (SSSR count). The third-order valence-corrected chi connectivity index (χ3v) is 3.83. The molecule has 120 valence electrons. The summed E-state index contributed by atoms with van der Waals surface area (Å²) in [7, 11) is 0. The van der Waals surface area contributed by atoms with Crippen LogP contribution in [0.15, 0.2) is 28.4 Å². The van der Waals surface area contributed by atoms with Gasteiger partial charge in [-0.1, -0.05) is 17.8 Å². The van der Waals surface area contributed by atoms with Crippen molar-refractivity contribution in [3.8, 4) is 0 Å². The Bertz CT molecular complexity index is 734. The second-order valence-electron chi connectivity index (χ2n) is 4.35. The third-order valence-electron chi connectivity index (χ3n) is 2.76. The molecule has 1 amide bonds. The highest BCUT2D eigenvalue weighted by Gasteiger charge is 2.32. The van der Waals surface area contributed by atoms with Gasteiger partial charge in [0.1, 0.15) is 11.1 Å². The minimum absolute atomic E-state index is 0.0608. The summed E-state index contributed by atoms with van der Waals surface area (Å²) in [4.78, 5) is 33.1. The monoisotopic (exact) mass is 339 g/mol. The second-order valence-corrected chi connectivity index (χ2v) is 5.54. The van der Waals surface area contributed by atoms with Crippen LogP contribution in [-0.2, 0) is 9.59 Å². The Kier molecular flexibility index (Phi) is 5.06. The van der Waals surface area contributed by atoms with Crippen LogP contribution in [0.3, 0.4) is 0 Å². The fraction of sp³-hybridized carbons (Fsp3) is 0.154. The molecule has 1 fully saturated rings. The zero-order valence-electron chi connectivity index (χ0n) is 11.4. The number of hydrogen-bond donors (Lipinski definition) is 3. The Morgan fingerprint density at radius 2 is 2.13 bits per heavy atom. The lowest BCUT2D eigenvalue weighted by Crippen LogP contribution is -2.26. The number of benzene rings is 1. The van der Waals surface area contributed by atoms with E-state index in [-0.39, 0.29) is 22.7 Å². The Balaban J connectivity index is 2.15. The van der Waals surface area contributed by atoms with Gasteiger partial charge in [-0.05, 0) is 12.1 Å². The average molecular weight is 339 g/mol. The van der Waals surface area contributed by atoms with Crippen molar-refractivity contribution >= 4 is 41.0 Å². The summed E-state index contributed by atoms with van der Waals surface area (Å²) in [6.07, 6.45) is 0.554. The Labute approximate surface area is 133 Å². The first-order chi connectivity index (χ1) is 10.9. The highest BCUT2D eigenvalue weighted by molar-refractivity contribution is 8.15. The van der Waals surface area contributed by atoms with Gasteiger partial charge in [-0.15, -0.1) is 5.10 Å². The lowest BCUT2D eigenvalue weighted by molar-refractivity contribution is -0.138. The van der Waals surface area contributed by atoms with Gasteiger partial charge in [-0.2, -0.15) is 5.10 Å². The number of carboxylic acid groups (broad SMARTS) is 2. The van der Waals surface area contributed by atoms with Crippen molar-refractivity contribution < 1.29 is 29.0 Å². The number of halogens is 1. The fourth-order valence-corrected chi connectivity index (χ4v) is 2.65. The van der Waals surface area contributed by atoms with E-state index in [4.69, 9.17) is 10.2 Å². The predicted octanol–water partition coefficient (Wildman–Crippen LogP) is 0.920. The maximum atomic E-state index is 13.6. The zero-order valence-corrected chi connectivity index (χ0v) is 12.2. The molecule has 1 unspecified atom stereocenters. The smallest absolute Gasteiger partial charge is 0.336 e. The normalized spacial score (nSPS) is 19.3. The number of amidine groups is 1. The van der Waals surface area contributed by atoms with Gasteiger partial charge in [0.15, 0.2) is 5.17 Å². The SMILES string of the molecule is O=C(O)CC1SC(=NN=Cc2c(F)cccc2C(=O)O)NC1=O. The maximum Gasteiger partial charge on any atom is 0.336 e. The average Bonchev–Trinajstić information content (AvgIpc) is 2.79. The van der Waals surface area contributed by atoms with Gasteiger partial charge in [-0.25, -0.2) is 9.18 Å². The molecule has 1 saturated heterocycles. The molecule has 1 heterocycles. The Hall–Kier alpha value is -2.75. The summed E-state index contributed by atoms with van der Waals surface area (Å²) in [6, 6.07) is 3.55. The predicted molar refractivity (Wildman–Crippen MR) is 80.2 cm³/mol. The molecule has 0 saturated carbocycles. The molecule has 3 N–H and O–H groups in total. The lowest BCUT2D eigenvalue weighted by Gasteiger charge is -2.00. The van der Waals surface area contributed by atoms with Crippen molar-refractivity contribution in [1.82, 2.24) is 5.32 Å². The van der Waals surface area contributed by atoms with E-state index in [9.17, 15) is 18.8 Å². The molecule has 0 spiro atoms. The van der Waals surface area contributed by atoms with E-state index in [1.807, 2.05) is 0 Å². The van der Waals surface area contributed by atoms with E-state index in [1.54, 1.807) is 0 Å². The molecule has 1 aliphatic heterocycles.